The monoisotopic (exact) mass is 364 g/mol. The molecule has 4 nitrogen and oxygen atoms in total. The van der Waals surface area contributed by atoms with E-state index in [-0.39, 0.29) is 5.69 Å². The smallest absolute Gasteiger partial charge is 0.269 e. The van der Waals surface area contributed by atoms with Crippen molar-refractivity contribution in [3.63, 3.8) is 0 Å². The molecular weight excluding hydrogens is 348 g/mol. The van der Waals surface area contributed by atoms with E-state index >= 15 is 0 Å². The first-order valence-corrected chi connectivity index (χ1v) is 8.81. The minimum Gasteiger partial charge on any atom is -0.314 e. The molecule has 0 saturated carbocycles. The largest absolute Gasteiger partial charge is 0.314 e. The average Bonchev–Trinajstić information content (AvgIpc) is 3.07. The van der Waals surface area contributed by atoms with Crippen molar-refractivity contribution < 1.29 is 4.92 Å². The Hall–Kier alpha value is -4.12. The van der Waals surface area contributed by atoms with Crippen LogP contribution in [0.4, 0.5) is 5.69 Å². The molecule has 0 fully saturated rings. The fourth-order valence-electron chi connectivity index (χ4n) is 3.02. The normalized spacial score (nSPS) is 11.0. The molecule has 134 valence electrons. The highest BCUT2D eigenvalue weighted by Gasteiger charge is 2.15. The zero-order valence-electron chi connectivity index (χ0n) is 15.2. The Morgan fingerprint density at radius 3 is 2.29 bits per heavy atom. The van der Waals surface area contributed by atoms with Crippen molar-refractivity contribution in [3.05, 3.63) is 69.5 Å². The molecule has 0 N–H and O–H groups in total. The number of aryl methyl sites for hydroxylation is 1. The van der Waals surface area contributed by atoms with Crippen LogP contribution in [0, 0.1) is 57.5 Å². The number of nitrogens with zero attached hydrogens (tertiary/aromatic N) is 2. The molecule has 0 bridgehead atoms. The Labute approximate surface area is 164 Å². The van der Waals surface area contributed by atoms with Gasteiger partial charge in [0.15, 0.2) is 0 Å². The van der Waals surface area contributed by atoms with Gasteiger partial charge in [0.05, 0.1) is 10.6 Å². The van der Waals surface area contributed by atoms with E-state index in [1.54, 1.807) is 18.3 Å². The van der Waals surface area contributed by atoms with Crippen LogP contribution in [0.25, 0.3) is 6.20 Å². The van der Waals surface area contributed by atoms with Gasteiger partial charge in [0.1, 0.15) is 0 Å². The van der Waals surface area contributed by atoms with Crippen molar-refractivity contribution in [2.24, 2.45) is 0 Å². The molecule has 0 spiro atoms. The molecule has 2 aromatic rings. The topological polar surface area (TPSA) is 48.1 Å². The first-order chi connectivity index (χ1) is 13.7. The van der Waals surface area contributed by atoms with E-state index in [0.29, 0.717) is 5.56 Å². The molecule has 1 aliphatic rings. The zero-order valence-corrected chi connectivity index (χ0v) is 15.2. The van der Waals surface area contributed by atoms with Gasteiger partial charge in [0, 0.05) is 29.6 Å². The highest BCUT2D eigenvalue weighted by atomic mass is 16.6. The number of rotatable bonds is 2. The van der Waals surface area contributed by atoms with Gasteiger partial charge in [0.2, 0.25) is 0 Å². The summed E-state index contributed by atoms with van der Waals surface area (Å²) in [5, 5.41) is 10.6. The fraction of sp³-hybridized carbons (Fsp3) is 0.167. The van der Waals surface area contributed by atoms with Gasteiger partial charge in [-0.3, -0.25) is 10.1 Å². The van der Waals surface area contributed by atoms with E-state index in [0.717, 1.165) is 18.5 Å². The Balaban J connectivity index is 1.64. The average molecular weight is 364 g/mol. The van der Waals surface area contributed by atoms with Gasteiger partial charge in [0.25, 0.3) is 5.69 Å². The van der Waals surface area contributed by atoms with Gasteiger partial charge in [-0.05, 0) is 90.9 Å². The van der Waals surface area contributed by atoms with E-state index in [4.69, 9.17) is 0 Å². The molecule has 0 atom stereocenters. The molecular formula is C24H16N2O2. The summed E-state index contributed by atoms with van der Waals surface area (Å²) in [5.41, 5.74) is 4.25. The molecule has 0 saturated heterocycles. The lowest BCUT2D eigenvalue weighted by Crippen LogP contribution is -2.04. The number of non-ortho nitro benzene ring substituents is 1. The maximum atomic E-state index is 10.6. The Morgan fingerprint density at radius 2 is 1.61 bits per heavy atom. The molecule has 0 aliphatic heterocycles. The molecule has 0 unspecified atom stereocenters. The van der Waals surface area contributed by atoms with Crippen molar-refractivity contribution in [1.82, 2.24) is 4.57 Å². The van der Waals surface area contributed by atoms with E-state index in [1.165, 1.54) is 36.2 Å². The molecule has 3 rings (SSSR count). The third-order valence-electron chi connectivity index (χ3n) is 4.31. The van der Waals surface area contributed by atoms with Crippen molar-refractivity contribution in [2.45, 2.75) is 25.7 Å². The number of benzene rings is 1. The van der Waals surface area contributed by atoms with Gasteiger partial charge < -0.3 is 4.57 Å². The highest BCUT2D eigenvalue weighted by Crippen LogP contribution is 2.24. The quantitative estimate of drug-likeness (QED) is 0.462. The van der Waals surface area contributed by atoms with Crippen LogP contribution >= 0.6 is 0 Å². The lowest BCUT2D eigenvalue weighted by atomic mass is 9.98. The maximum absolute atomic E-state index is 10.6. The van der Waals surface area contributed by atoms with Crippen molar-refractivity contribution in [3.8, 4) is 47.4 Å². The zero-order chi connectivity index (χ0) is 19.8. The van der Waals surface area contributed by atoms with Crippen LogP contribution < -0.4 is 0 Å². The van der Waals surface area contributed by atoms with Crippen LogP contribution in [-0.4, -0.2) is 9.49 Å². The second-order valence-electron chi connectivity index (χ2n) is 6.07. The molecule has 0 amide bonds. The highest BCUT2D eigenvalue weighted by molar-refractivity contribution is 5.50. The van der Waals surface area contributed by atoms with Crippen LogP contribution in [0.3, 0.4) is 0 Å². The van der Waals surface area contributed by atoms with E-state index < -0.39 is 4.92 Å². The molecule has 1 heterocycles. The number of nitro groups is 1. The molecule has 28 heavy (non-hydrogen) atoms. The maximum Gasteiger partial charge on any atom is 0.269 e. The third kappa shape index (κ3) is 4.53. The number of hydrogen-bond acceptors (Lipinski definition) is 2. The minimum absolute atomic E-state index is 0.0320. The number of hydrogen-bond donors (Lipinski definition) is 0. The van der Waals surface area contributed by atoms with Crippen molar-refractivity contribution in [1.29, 1.82) is 0 Å². The van der Waals surface area contributed by atoms with Crippen molar-refractivity contribution >= 4 is 11.9 Å². The summed E-state index contributed by atoms with van der Waals surface area (Å²) in [7, 11) is 0. The predicted molar refractivity (Wildman–Crippen MR) is 110 cm³/mol. The summed E-state index contributed by atoms with van der Waals surface area (Å²) in [4.78, 5) is 10.1. The first-order valence-electron chi connectivity index (χ1n) is 8.81. The SMILES string of the molecule is C=Cn1c(C#CC#CC#CC#Cc2ccc([N+](=O)[O-])cc2)cc2c1CCCC2. The van der Waals surface area contributed by atoms with Gasteiger partial charge >= 0.3 is 0 Å². The second-order valence-corrected chi connectivity index (χ2v) is 6.07. The number of fused-ring (bicyclic) bond motifs is 1. The molecule has 0 radical (unpaired) electrons. The Bertz CT molecular complexity index is 1170. The molecule has 4 heteroatoms. The number of aromatic nitrogens is 1. The van der Waals surface area contributed by atoms with E-state index in [2.05, 4.69) is 60.0 Å². The van der Waals surface area contributed by atoms with E-state index in [1.807, 2.05) is 4.57 Å². The van der Waals surface area contributed by atoms with Crippen LogP contribution in [-0.2, 0) is 12.8 Å². The lowest BCUT2D eigenvalue weighted by Gasteiger charge is -2.12. The Kier molecular flexibility index (Phi) is 6.00. The van der Waals surface area contributed by atoms with Crippen LogP contribution in [0.5, 0.6) is 0 Å². The minimum atomic E-state index is -0.450. The van der Waals surface area contributed by atoms with Gasteiger partial charge in [-0.25, -0.2) is 0 Å². The van der Waals surface area contributed by atoms with Crippen LogP contribution in [0.15, 0.2) is 36.9 Å². The first kappa shape index (κ1) is 18.7. The van der Waals surface area contributed by atoms with E-state index in [9.17, 15) is 10.1 Å². The predicted octanol–water partition coefficient (Wildman–Crippen LogP) is 3.79. The molecule has 1 aromatic heterocycles. The molecule has 1 aliphatic carbocycles. The fourth-order valence-corrected chi connectivity index (χ4v) is 3.02. The second kappa shape index (κ2) is 9.00. The Morgan fingerprint density at radius 1 is 0.964 bits per heavy atom. The third-order valence-corrected chi connectivity index (χ3v) is 4.31. The summed E-state index contributed by atoms with van der Waals surface area (Å²) in [6, 6.07) is 8.09. The standard InChI is InChI=1S/C24H16N2O2/c1-2-25-23(19-21-12-9-10-14-24(21)25)13-8-6-4-3-5-7-11-20-15-17-22(18-16-20)26(27)28/h2,15-19H,1,9-10,12,14H2. The summed E-state index contributed by atoms with van der Waals surface area (Å²) in [6.45, 7) is 3.88. The van der Waals surface area contributed by atoms with Gasteiger partial charge in [-0.1, -0.05) is 12.5 Å². The lowest BCUT2D eigenvalue weighted by molar-refractivity contribution is -0.384. The van der Waals surface area contributed by atoms with Crippen molar-refractivity contribution in [2.75, 3.05) is 0 Å². The van der Waals surface area contributed by atoms with Gasteiger partial charge in [-0.15, -0.1) is 0 Å². The molecule has 1 aromatic carbocycles. The summed E-state index contributed by atoms with van der Waals surface area (Å²) >= 11 is 0. The summed E-state index contributed by atoms with van der Waals surface area (Å²) < 4.78 is 2.05. The van der Waals surface area contributed by atoms with Crippen LogP contribution in [0.1, 0.15) is 35.4 Å². The summed E-state index contributed by atoms with van der Waals surface area (Å²) in [5.74, 6) is 22.0. The summed E-state index contributed by atoms with van der Waals surface area (Å²) in [6.07, 6.45) is 6.38. The van der Waals surface area contributed by atoms with Crippen LogP contribution in [0.2, 0.25) is 0 Å². The number of nitro benzene ring substituents is 1. The van der Waals surface area contributed by atoms with Gasteiger partial charge in [-0.2, -0.15) is 0 Å².